The Hall–Kier alpha value is -0.130. The van der Waals surface area contributed by atoms with Crippen LogP contribution in [0.15, 0.2) is 18.3 Å². The number of pyridine rings is 1. The summed E-state index contributed by atoms with van der Waals surface area (Å²) in [7, 11) is 2.48. The standard InChI is InChI=1S/C5H5ClNP/c6-4-1-2-5(8)7-3-4/h1-3H,8H2. The summed E-state index contributed by atoms with van der Waals surface area (Å²) in [5.74, 6) is 0. The average molecular weight is 146 g/mol. The molecule has 1 aromatic rings. The van der Waals surface area contributed by atoms with E-state index in [1.54, 1.807) is 12.3 Å². The second-order valence-electron chi connectivity index (χ2n) is 1.40. The number of nitrogens with zero attached hydrogens (tertiary/aromatic N) is 1. The van der Waals surface area contributed by atoms with Crippen LogP contribution in [0.5, 0.6) is 0 Å². The monoisotopic (exact) mass is 145 g/mol. The van der Waals surface area contributed by atoms with Crippen LogP contribution < -0.4 is 5.44 Å². The fourth-order valence-electron chi connectivity index (χ4n) is 0.387. The summed E-state index contributed by atoms with van der Waals surface area (Å²) in [5.41, 5.74) is 0.911. The summed E-state index contributed by atoms with van der Waals surface area (Å²) in [6, 6.07) is 3.64. The second-order valence-corrected chi connectivity index (χ2v) is 2.43. The maximum atomic E-state index is 5.54. The van der Waals surface area contributed by atoms with Gasteiger partial charge in [0.15, 0.2) is 0 Å². The van der Waals surface area contributed by atoms with Gasteiger partial charge in [0.2, 0.25) is 0 Å². The summed E-state index contributed by atoms with van der Waals surface area (Å²) in [6.45, 7) is 0. The number of aromatic nitrogens is 1. The maximum absolute atomic E-state index is 5.54. The van der Waals surface area contributed by atoms with Gasteiger partial charge in [0.1, 0.15) is 0 Å². The fourth-order valence-corrected chi connectivity index (χ4v) is 0.670. The van der Waals surface area contributed by atoms with E-state index in [9.17, 15) is 0 Å². The lowest BCUT2D eigenvalue weighted by molar-refractivity contribution is 1.39. The predicted octanol–water partition coefficient (Wildman–Crippen LogP) is 1.24. The minimum absolute atomic E-state index is 0.677. The summed E-state index contributed by atoms with van der Waals surface area (Å²) in [4.78, 5) is 3.91. The van der Waals surface area contributed by atoms with Crippen LogP contribution in [0, 0.1) is 0 Å². The fraction of sp³-hybridized carbons (Fsp3) is 0. The molecular weight excluding hydrogens is 140 g/mol. The third kappa shape index (κ3) is 1.43. The molecule has 0 bridgehead atoms. The van der Waals surface area contributed by atoms with E-state index in [2.05, 4.69) is 14.2 Å². The van der Waals surface area contributed by atoms with Gasteiger partial charge in [-0.25, -0.2) is 0 Å². The molecule has 0 saturated carbocycles. The molecule has 42 valence electrons. The first kappa shape index (κ1) is 6.00. The van der Waals surface area contributed by atoms with Gasteiger partial charge in [-0.2, -0.15) is 0 Å². The summed E-state index contributed by atoms with van der Waals surface area (Å²) < 4.78 is 0. The molecule has 1 atom stereocenters. The largest absolute Gasteiger partial charge is 0.256 e. The first-order valence-corrected chi connectivity index (χ1v) is 3.11. The molecule has 0 aliphatic carbocycles. The zero-order valence-corrected chi connectivity index (χ0v) is 6.05. The van der Waals surface area contributed by atoms with Crippen molar-refractivity contribution in [1.82, 2.24) is 4.98 Å². The van der Waals surface area contributed by atoms with Crippen molar-refractivity contribution in [3.05, 3.63) is 23.4 Å². The van der Waals surface area contributed by atoms with Crippen molar-refractivity contribution in [2.24, 2.45) is 0 Å². The Morgan fingerprint density at radius 2 is 2.25 bits per heavy atom. The SMILES string of the molecule is Pc1ccc(Cl)cn1. The van der Waals surface area contributed by atoms with Gasteiger partial charge >= 0.3 is 0 Å². The molecular formula is C5H5ClNP. The van der Waals surface area contributed by atoms with E-state index in [0.29, 0.717) is 5.02 Å². The second kappa shape index (κ2) is 2.43. The van der Waals surface area contributed by atoms with Crippen LogP contribution in [0.4, 0.5) is 0 Å². The molecule has 0 fully saturated rings. The molecule has 1 nitrogen and oxygen atoms in total. The molecule has 0 aliphatic rings. The van der Waals surface area contributed by atoms with Gasteiger partial charge in [-0.15, -0.1) is 0 Å². The highest BCUT2D eigenvalue weighted by Crippen LogP contribution is 2.01. The molecule has 3 heteroatoms. The van der Waals surface area contributed by atoms with Gasteiger partial charge in [-0.05, 0) is 12.1 Å². The van der Waals surface area contributed by atoms with E-state index in [-0.39, 0.29) is 0 Å². The maximum Gasteiger partial charge on any atom is 0.0589 e. The molecule has 1 aromatic heterocycles. The lowest BCUT2D eigenvalue weighted by Crippen LogP contribution is -1.92. The van der Waals surface area contributed by atoms with E-state index in [4.69, 9.17) is 11.6 Å². The molecule has 1 heterocycles. The van der Waals surface area contributed by atoms with E-state index in [0.717, 1.165) is 5.44 Å². The molecule has 1 unspecified atom stereocenters. The molecule has 0 aliphatic heterocycles. The van der Waals surface area contributed by atoms with Gasteiger partial charge < -0.3 is 0 Å². The highest BCUT2D eigenvalue weighted by atomic mass is 35.5. The Morgan fingerprint density at radius 3 is 2.62 bits per heavy atom. The van der Waals surface area contributed by atoms with Crippen LogP contribution in [0.1, 0.15) is 0 Å². The highest BCUT2D eigenvalue weighted by molar-refractivity contribution is 7.26. The van der Waals surface area contributed by atoms with Crippen molar-refractivity contribution in [3.8, 4) is 0 Å². The Balaban J connectivity index is 3.03. The average Bonchev–Trinajstić information content (AvgIpc) is 1.77. The van der Waals surface area contributed by atoms with Crippen LogP contribution in [-0.4, -0.2) is 4.98 Å². The van der Waals surface area contributed by atoms with E-state index >= 15 is 0 Å². The van der Waals surface area contributed by atoms with E-state index in [1.807, 2.05) is 6.07 Å². The van der Waals surface area contributed by atoms with Gasteiger partial charge in [0.25, 0.3) is 0 Å². The minimum Gasteiger partial charge on any atom is -0.256 e. The van der Waals surface area contributed by atoms with Crippen LogP contribution in [0.3, 0.4) is 0 Å². The normalized spacial score (nSPS) is 9.25. The number of rotatable bonds is 0. The van der Waals surface area contributed by atoms with Gasteiger partial charge in [-0.1, -0.05) is 20.8 Å². The smallest absolute Gasteiger partial charge is 0.0589 e. The minimum atomic E-state index is 0.677. The van der Waals surface area contributed by atoms with Crippen molar-refractivity contribution >= 4 is 26.3 Å². The zero-order valence-electron chi connectivity index (χ0n) is 4.13. The lowest BCUT2D eigenvalue weighted by atomic mass is 10.5. The summed E-state index contributed by atoms with van der Waals surface area (Å²) in [6.07, 6.45) is 1.61. The van der Waals surface area contributed by atoms with Crippen molar-refractivity contribution in [2.45, 2.75) is 0 Å². The van der Waals surface area contributed by atoms with Gasteiger partial charge in [0.05, 0.1) is 10.5 Å². The molecule has 8 heavy (non-hydrogen) atoms. The number of hydrogen-bond donors (Lipinski definition) is 0. The first-order chi connectivity index (χ1) is 3.79. The van der Waals surface area contributed by atoms with Crippen LogP contribution in [0.2, 0.25) is 5.02 Å². The zero-order chi connectivity index (χ0) is 5.98. The van der Waals surface area contributed by atoms with E-state index < -0.39 is 0 Å². The van der Waals surface area contributed by atoms with Crippen molar-refractivity contribution in [2.75, 3.05) is 0 Å². The lowest BCUT2D eigenvalue weighted by Gasteiger charge is -1.87. The predicted molar refractivity (Wildman–Crippen MR) is 38.6 cm³/mol. The Kier molecular flexibility index (Phi) is 1.82. The van der Waals surface area contributed by atoms with Crippen LogP contribution in [-0.2, 0) is 0 Å². The third-order valence-corrected chi connectivity index (χ3v) is 1.32. The van der Waals surface area contributed by atoms with E-state index in [1.165, 1.54) is 0 Å². The Labute approximate surface area is 55.3 Å². The van der Waals surface area contributed by atoms with Crippen LogP contribution in [0.25, 0.3) is 0 Å². The molecule has 0 N–H and O–H groups in total. The van der Waals surface area contributed by atoms with Crippen LogP contribution >= 0.6 is 20.8 Å². The Bertz CT molecular complexity index is 151. The number of hydrogen-bond acceptors (Lipinski definition) is 1. The molecule has 0 aromatic carbocycles. The molecule has 0 amide bonds. The molecule has 0 radical (unpaired) electrons. The van der Waals surface area contributed by atoms with Crippen molar-refractivity contribution in [1.29, 1.82) is 0 Å². The van der Waals surface area contributed by atoms with Gasteiger partial charge in [-0.3, -0.25) is 4.98 Å². The molecule has 0 saturated heterocycles. The third-order valence-electron chi connectivity index (χ3n) is 0.750. The first-order valence-electron chi connectivity index (χ1n) is 2.16. The highest BCUT2D eigenvalue weighted by Gasteiger charge is 1.83. The molecule has 1 rings (SSSR count). The Morgan fingerprint density at radius 1 is 1.50 bits per heavy atom. The topological polar surface area (TPSA) is 12.9 Å². The molecule has 0 spiro atoms. The summed E-state index contributed by atoms with van der Waals surface area (Å²) in [5, 5.41) is 0.677. The van der Waals surface area contributed by atoms with Crippen molar-refractivity contribution < 1.29 is 0 Å². The van der Waals surface area contributed by atoms with Crippen molar-refractivity contribution in [3.63, 3.8) is 0 Å². The number of halogens is 1. The quantitative estimate of drug-likeness (QED) is 0.501. The summed E-state index contributed by atoms with van der Waals surface area (Å²) >= 11 is 5.54. The van der Waals surface area contributed by atoms with Gasteiger partial charge in [0, 0.05) is 6.20 Å².